The molecule has 0 aliphatic heterocycles. The molecule has 1 heterocycles. The fourth-order valence-corrected chi connectivity index (χ4v) is 4.40. The molecule has 0 aliphatic rings. The minimum absolute atomic E-state index is 0.0664. The van der Waals surface area contributed by atoms with Crippen molar-refractivity contribution in [1.29, 1.82) is 0 Å². The van der Waals surface area contributed by atoms with Crippen LogP contribution < -0.4 is 25.1 Å². The van der Waals surface area contributed by atoms with E-state index in [1.54, 1.807) is 44.2 Å². The number of aliphatic hydroxyl groups is 1. The number of ether oxygens (including phenoxy) is 2. The van der Waals surface area contributed by atoms with Crippen molar-refractivity contribution >= 4 is 21.9 Å². The number of aromatic nitrogens is 2. The second kappa shape index (κ2) is 11.9. The molecule has 0 saturated heterocycles. The first-order valence-corrected chi connectivity index (χ1v) is 13.1. The Bertz CT molecular complexity index is 1280. The van der Waals surface area contributed by atoms with Gasteiger partial charge < -0.3 is 30.2 Å². The molecule has 11 heteroatoms. The summed E-state index contributed by atoms with van der Waals surface area (Å²) in [7, 11) is -3.92. The number of aliphatic hydroxyl groups excluding tert-OH is 1. The summed E-state index contributed by atoms with van der Waals surface area (Å²) in [5, 5.41) is 8.28. The average Bonchev–Trinajstić information content (AvgIpc) is 2.84. The zero-order chi connectivity index (χ0) is 26.3. The van der Waals surface area contributed by atoms with E-state index in [-0.39, 0.29) is 30.7 Å². The van der Waals surface area contributed by atoms with Crippen molar-refractivity contribution in [3.63, 3.8) is 0 Å². The summed E-state index contributed by atoms with van der Waals surface area (Å²) >= 11 is 0. The molecule has 0 saturated carbocycles. The Labute approximate surface area is 211 Å². The quantitative estimate of drug-likeness (QED) is 0.305. The highest BCUT2D eigenvalue weighted by atomic mass is 32.2. The van der Waals surface area contributed by atoms with Crippen LogP contribution >= 0.6 is 0 Å². The minimum Gasteiger partial charge on any atom is -0.493 e. The molecule has 194 valence electrons. The van der Waals surface area contributed by atoms with E-state index in [1.165, 1.54) is 6.20 Å². The Morgan fingerprint density at radius 3 is 2.36 bits per heavy atom. The summed E-state index contributed by atoms with van der Waals surface area (Å²) in [6.45, 7) is 5.62. The van der Waals surface area contributed by atoms with Crippen LogP contribution in [0.2, 0.25) is 0 Å². The molecule has 36 heavy (non-hydrogen) atoms. The van der Waals surface area contributed by atoms with Crippen LogP contribution in [-0.2, 0) is 16.5 Å². The van der Waals surface area contributed by atoms with Gasteiger partial charge in [-0.1, -0.05) is 19.1 Å². The van der Waals surface area contributed by atoms with Crippen molar-refractivity contribution in [2.75, 3.05) is 31.3 Å². The van der Waals surface area contributed by atoms with Crippen molar-refractivity contribution in [3.8, 4) is 28.4 Å². The molecule has 0 aliphatic carbocycles. The maximum absolute atomic E-state index is 13.0. The van der Waals surface area contributed by atoms with E-state index in [0.717, 1.165) is 0 Å². The van der Waals surface area contributed by atoms with Crippen LogP contribution in [0.5, 0.6) is 17.2 Å². The smallest absolute Gasteiger partial charge is 0.311 e. The normalized spacial score (nSPS) is 12.2. The van der Waals surface area contributed by atoms with Crippen LogP contribution in [0.1, 0.15) is 38.3 Å². The van der Waals surface area contributed by atoms with Gasteiger partial charge >= 0.3 is 10.1 Å². The number of hydrogen-bond acceptors (Lipinski definition) is 10. The van der Waals surface area contributed by atoms with Crippen molar-refractivity contribution < 1.29 is 27.2 Å². The lowest BCUT2D eigenvalue weighted by molar-refractivity contribution is 0.201. The molecule has 2 aromatic carbocycles. The van der Waals surface area contributed by atoms with Crippen molar-refractivity contribution in [2.45, 2.75) is 38.9 Å². The zero-order valence-electron chi connectivity index (χ0n) is 20.6. The third-order valence-corrected chi connectivity index (χ3v) is 7.24. The maximum Gasteiger partial charge on any atom is 0.311 e. The van der Waals surface area contributed by atoms with Gasteiger partial charge in [0, 0.05) is 18.2 Å². The predicted molar refractivity (Wildman–Crippen MR) is 139 cm³/mol. The summed E-state index contributed by atoms with van der Waals surface area (Å²) in [6.07, 6.45) is 2.24. The van der Waals surface area contributed by atoms with Crippen LogP contribution in [0.4, 0.5) is 11.8 Å². The van der Waals surface area contributed by atoms with Gasteiger partial charge in [0.25, 0.3) is 0 Å². The van der Waals surface area contributed by atoms with E-state index in [4.69, 9.17) is 30.2 Å². The summed E-state index contributed by atoms with van der Waals surface area (Å²) in [5.74, 6) is 1.45. The molecule has 3 rings (SSSR count). The minimum atomic E-state index is -3.92. The number of nitrogen functional groups attached to an aromatic ring is 2. The van der Waals surface area contributed by atoms with E-state index < -0.39 is 15.4 Å². The molecule has 1 atom stereocenters. The highest BCUT2D eigenvalue weighted by Gasteiger charge is 2.25. The van der Waals surface area contributed by atoms with E-state index in [2.05, 4.69) is 9.97 Å². The van der Waals surface area contributed by atoms with Crippen molar-refractivity contribution in [1.82, 2.24) is 9.97 Å². The molecule has 0 fully saturated rings. The predicted octanol–water partition coefficient (Wildman–Crippen LogP) is 3.18. The number of rotatable bonds is 12. The third-order valence-electron chi connectivity index (χ3n) is 5.51. The van der Waals surface area contributed by atoms with Gasteiger partial charge in [0.15, 0.2) is 5.75 Å². The summed E-state index contributed by atoms with van der Waals surface area (Å²) < 4.78 is 43.0. The average molecular weight is 517 g/mol. The van der Waals surface area contributed by atoms with Gasteiger partial charge in [0.2, 0.25) is 5.95 Å². The largest absolute Gasteiger partial charge is 0.493 e. The maximum atomic E-state index is 13.0. The molecule has 5 N–H and O–H groups in total. The molecule has 1 aromatic heterocycles. The topological polar surface area (TPSA) is 160 Å². The first-order chi connectivity index (χ1) is 17.2. The van der Waals surface area contributed by atoms with Crippen LogP contribution in [0, 0.1) is 0 Å². The summed E-state index contributed by atoms with van der Waals surface area (Å²) in [4.78, 5) is 8.00. The van der Waals surface area contributed by atoms with E-state index in [1.807, 2.05) is 13.0 Å². The standard InChI is InChI=1S/C25H32N4O6S/c1-4-16(3)36(31,32)35-22-14-17(12-19-15-28-25(27)29-24(19)26)13-21(33-5-2)23(22)18-6-8-20(9-7-18)34-11-10-30/h6-9,13-16,30H,4-5,10-12H2,1-3H3,(H4,26,27,28,29). The Hall–Kier alpha value is -3.57. The lowest BCUT2D eigenvalue weighted by Gasteiger charge is -2.20. The van der Waals surface area contributed by atoms with Gasteiger partial charge in [-0.25, -0.2) is 4.98 Å². The van der Waals surface area contributed by atoms with Gasteiger partial charge in [-0.15, -0.1) is 0 Å². The lowest BCUT2D eigenvalue weighted by atomic mass is 9.98. The second-order valence-electron chi connectivity index (χ2n) is 8.11. The number of nitrogens with zero attached hydrogens (tertiary/aromatic N) is 2. The number of nitrogens with two attached hydrogens (primary N) is 2. The van der Waals surface area contributed by atoms with E-state index in [9.17, 15) is 8.42 Å². The Balaban J connectivity index is 2.14. The van der Waals surface area contributed by atoms with Gasteiger partial charge in [-0.3, -0.25) is 0 Å². The van der Waals surface area contributed by atoms with Gasteiger partial charge in [-0.2, -0.15) is 13.4 Å². The van der Waals surface area contributed by atoms with Gasteiger partial charge in [-0.05, 0) is 55.7 Å². The van der Waals surface area contributed by atoms with E-state index >= 15 is 0 Å². The highest BCUT2D eigenvalue weighted by Crippen LogP contribution is 2.42. The van der Waals surface area contributed by atoms with Gasteiger partial charge in [0.1, 0.15) is 23.9 Å². The van der Waals surface area contributed by atoms with Crippen LogP contribution in [0.25, 0.3) is 11.1 Å². The van der Waals surface area contributed by atoms with Crippen LogP contribution in [0.3, 0.4) is 0 Å². The molecule has 3 aromatic rings. The molecule has 0 radical (unpaired) electrons. The monoisotopic (exact) mass is 516 g/mol. The first kappa shape index (κ1) is 27.0. The summed E-state index contributed by atoms with van der Waals surface area (Å²) in [6, 6.07) is 10.5. The Kier molecular flexibility index (Phi) is 8.94. The molecule has 0 spiro atoms. The second-order valence-corrected chi connectivity index (χ2v) is 10.1. The Morgan fingerprint density at radius 2 is 1.75 bits per heavy atom. The molecular formula is C25H32N4O6S. The fourth-order valence-electron chi connectivity index (χ4n) is 3.45. The number of anilines is 2. The van der Waals surface area contributed by atoms with Crippen LogP contribution in [-0.4, -0.2) is 48.6 Å². The third kappa shape index (κ3) is 6.55. The lowest BCUT2D eigenvalue weighted by Crippen LogP contribution is -2.22. The molecular weight excluding hydrogens is 484 g/mol. The highest BCUT2D eigenvalue weighted by molar-refractivity contribution is 7.87. The van der Waals surface area contributed by atoms with Crippen LogP contribution in [0.15, 0.2) is 42.6 Å². The molecule has 10 nitrogen and oxygen atoms in total. The zero-order valence-corrected chi connectivity index (χ0v) is 21.4. The SMILES string of the molecule is CCOc1cc(Cc2cnc(N)nc2N)cc(OS(=O)(=O)C(C)CC)c1-c1ccc(OCCO)cc1. The fraction of sp³-hybridized carbons (Fsp3) is 0.360. The van der Waals surface area contributed by atoms with Crippen molar-refractivity contribution in [2.24, 2.45) is 0 Å². The van der Waals surface area contributed by atoms with E-state index in [0.29, 0.717) is 53.2 Å². The van der Waals surface area contributed by atoms with Crippen molar-refractivity contribution in [3.05, 3.63) is 53.7 Å². The molecule has 0 amide bonds. The Morgan fingerprint density at radius 1 is 1.06 bits per heavy atom. The molecule has 0 bridgehead atoms. The number of hydrogen-bond donors (Lipinski definition) is 3. The first-order valence-electron chi connectivity index (χ1n) is 11.6. The van der Waals surface area contributed by atoms with Gasteiger partial charge in [0.05, 0.1) is 24.0 Å². The molecule has 1 unspecified atom stereocenters. The summed E-state index contributed by atoms with van der Waals surface area (Å²) in [5.41, 5.74) is 14.1. The number of benzene rings is 2.